The van der Waals surface area contributed by atoms with Gasteiger partial charge in [-0.1, -0.05) is 18.2 Å². The Labute approximate surface area is 235 Å². The van der Waals surface area contributed by atoms with Crippen LogP contribution in [-0.2, 0) is 12.7 Å². The second-order valence-electron chi connectivity index (χ2n) is 10.3. The van der Waals surface area contributed by atoms with Gasteiger partial charge in [-0.05, 0) is 66.6 Å². The Morgan fingerprint density at radius 3 is 2.51 bits per heavy atom. The molecule has 1 aromatic heterocycles. The van der Waals surface area contributed by atoms with Gasteiger partial charge >= 0.3 is 6.18 Å². The minimum absolute atomic E-state index is 0.0778. The Bertz CT molecular complexity index is 1550. The highest BCUT2D eigenvalue weighted by Crippen LogP contribution is 2.35. The van der Waals surface area contributed by atoms with Crippen molar-refractivity contribution in [3.63, 3.8) is 0 Å². The first kappa shape index (κ1) is 28.3. The minimum atomic E-state index is -4.56. The molecule has 8 nitrogen and oxygen atoms in total. The molecule has 0 radical (unpaired) electrons. The standard InChI is InChI=1S/C30H31F3N6O2/c1-19(2)39-12-10-38(11-13-39)17-21-6-7-22(15-26(21)30(31,32)33)37-29(40)25-5-3-4-20-14-23(8-9-24(20)25)41-28-16-27(34)35-18-36-28/h3-9,14-16,18-19H,10-13,17H2,1-2H3,(H,37,40)(H2,34,35,36). The monoisotopic (exact) mass is 564 g/mol. The van der Waals surface area contributed by atoms with E-state index in [0.29, 0.717) is 41.2 Å². The first-order valence-electron chi connectivity index (χ1n) is 13.3. The molecule has 214 valence electrons. The van der Waals surface area contributed by atoms with E-state index in [4.69, 9.17) is 10.5 Å². The number of halogens is 3. The van der Waals surface area contributed by atoms with E-state index in [9.17, 15) is 18.0 Å². The van der Waals surface area contributed by atoms with Crippen LogP contribution in [0.5, 0.6) is 11.6 Å². The molecule has 1 aliphatic rings. The van der Waals surface area contributed by atoms with Gasteiger partial charge < -0.3 is 15.8 Å². The lowest BCUT2D eigenvalue weighted by Gasteiger charge is -2.37. The smallest absolute Gasteiger partial charge is 0.416 e. The summed E-state index contributed by atoms with van der Waals surface area (Å²) in [6.07, 6.45) is -3.27. The molecule has 3 N–H and O–H groups in total. The van der Waals surface area contributed by atoms with Crippen LogP contribution in [0.2, 0.25) is 0 Å². The highest BCUT2D eigenvalue weighted by atomic mass is 19.4. The number of benzene rings is 3. The number of hydrogen-bond donors (Lipinski definition) is 2. The van der Waals surface area contributed by atoms with E-state index in [1.807, 2.05) is 11.0 Å². The quantitative estimate of drug-likeness (QED) is 0.293. The Balaban J connectivity index is 1.33. The van der Waals surface area contributed by atoms with Gasteiger partial charge in [-0.15, -0.1) is 0 Å². The average molecular weight is 565 g/mol. The van der Waals surface area contributed by atoms with Crippen LogP contribution < -0.4 is 15.8 Å². The number of nitrogens with zero attached hydrogens (tertiary/aromatic N) is 4. The third kappa shape index (κ3) is 6.75. The van der Waals surface area contributed by atoms with Crippen molar-refractivity contribution < 1.29 is 22.7 Å². The molecule has 0 spiro atoms. The van der Waals surface area contributed by atoms with Crippen molar-refractivity contribution in [2.45, 2.75) is 32.6 Å². The Morgan fingerprint density at radius 1 is 1.02 bits per heavy atom. The summed E-state index contributed by atoms with van der Waals surface area (Å²) in [5.74, 6) is 0.496. The van der Waals surface area contributed by atoms with Crippen LogP contribution in [-0.4, -0.2) is 57.9 Å². The molecule has 0 saturated carbocycles. The number of nitrogens with one attached hydrogen (secondary N) is 1. The molecule has 1 saturated heterocycles. The Morgan fingerprint density at radius 2 is 1.80 bits per heavy atom. The normalized spacial score (nSPS) is 14.9. The number of rotatable bonds is 7. The summed E-state index contributed by atoms with van der Waals surface area (Å²) < 4.78 is 48.0. The molecule has 3 aromatic carbocycles. The summed E-state index contributed by atoms with van der Waals surface area (Å²) in [4.78, 5) is 25.4. The molecule has 4 aromatic rings. The molecule has 2 heterocycles. The van der Waals surface area contributed by atoms with Crippen LogP contribution in [0.1, 0.15) is 35.3 Å². The lowest BCUT2D eigenvalue weighted by atomic mass is 10.0. The summed E-state index contributed by atoms with van der Waals surface area (Å²) in [7, 11) is 0. The van der Waals surface area contributed by atoms with E-state index >= 15 is 0 Å². The van der Waals surface area contributed by atoms with Crippen molar-refractivity contribution in [3.05, 3.63) is 83.7 Å². The predicted molar refractivity (Wildman–Crippen MR) is 152 cm³/mol. The van der Waals surface area contributed by atoms with E-state index in [0.717, 1.165) is 19.2 Å². The van der Waals surface area contributed by atoms with Gasteiger partial charge in [0.15, 0.2) is 0 Å². The first-order valence-corrected chi connectivity index (χ1v) is 13.3. The van der Waals surface area contributed by atoms with Crippen molar-refractivity contribution in [2.24, 2.45) is 0 Å². The van der Waals surface area contributed by atoms with Gasteiger partial charge in [-0.2, -0.15) is 13.2 Å². The van der Waals surface area contributed by atoms with Gasteiger partial charge in [0, 0.05) is 56.1 Å². The van der Waals surface area contributed by atoms with Crippen LogP contribution in [0.25, 0.3) is 10.8 Å². The van der Waals surface area contributed by atoms with Crippen LogP contribution in [0, 0.1) is 0 Å². The molecule has 41 heavy (non-hydrogen) atoms. The zero-order valence-electron chi connectivity index (χ0n) is 22.8. The molecule has 1 fully saturated rings. The van der Waals surface area contributed by atoms with Gasteiger partial charge in [0.05, 0.1) is 5.56 Å². The van der Waals surface area contributed by atoms with Crippen LogP contribution in [0.3, 0.4) is 0 Å². The predicted octanol–water partition coefficient (Wildman–Crippen LogP) is 5.80. The van der Waals surface area contributed by atoms with Crippen LogP contribution in [0.15, 0.2) is 67.0 Å². The maximum atomic E-state index is 14.1. The molecule has 0 aliphatic carbocycles. The summed E-state index contributed by atoms with van der Waals surface area (Å²) in [5, 5.41) is 3.98. The molecule has 0 unspecified atom stereocenters. The van der Waals surface area contributed by atoms with Crippen LogP contribution in [0.4, 0.5) is 24.7 Å². The highest BCUT2D eigenvalue weighted by molar-refractivity contribution is 6.13. The zero-order chi connectivity index (χ0) is 29.1. The first-order chi connectivity index (χ1) is 19.6. The van der Waals surface area contributed by atoms with E-state index in [1.165, 1.54) is 24.5 Å². The number of alkyl halides is 3. The number of ether oxygens (including phenoxy) is 1. The second kappa shape index (κ2) is 11.7. The number of nitrogen functional groups attached to an aromatic ring is 1. The number of piperazine rings is 1. The number of carbonyl (C=O) groups excluding carboxylic acids is 1. The van der Waals surface area contributed by atoms with Crippen LogP contribution >= 0.6 is 0 Å². The van der Waals surface area contributed by atoms with Crippen molar-refractivity contribution in [2.75, 3.05) is 37.2 Å². The van der Waals surface area contributed by atoms with Gasteiger partial charge in [-0.25, -0.2) is 9.97 Å². The fraction of sp³-hybridized carbons (Fsp3) is 0.300. The maximum absolute atomic E-state index is 14.1. The summed E-state index contributed by atoms with van der Waals surface area (Å²) in [6, 6.07) is 16.2. The number of carbonyl (C=O) groups is 1. The third-order valence-corrected chi connectivity index (χ3v) is 7.19. The van der Waals surface area contributed by atoms with Crippen molar-refractivity contribution in [1.29, 1.82) is 0 Å². The van der Waals surface area contributed by atoms with Gasteiger partial charge in [0.25, 0.3) is 5.91 Å². The van der Waals surface area contributed by atoms with Crippen molar-refractivity contribution in [1.82, 2.24) is 19.8 Å². The van der Waals surface area contributed by atoms with Gasteiger partial charge in [-0.3, -0.25) is 14.6 Å². The molecule has 1 amide bonds. The fourth-order valence-electron chi connectivity index (χ4n) is 4.99. The second-order valence-corrected chi connectivity index (χ2v) is 10.3. The lowest BCUT2D eigenvalue weighted by molar-refractivity contribution is -0.138. The number of nitrogens with two attached hydrogens (primary N) is 1. The molecule has 0 atom stereocenters. The number of hydrogen-bond acceptors (Lipinski definition) is 7. The minimum Gasteiger partial charge on any atom is -0.439 e. The topological polar surface area (TPSA) is 96.6 Å². The highest BCUT2D eigenvalue weighted by Gasteiger charge is 2.34. The number of aromatic nitrogens is 2. The molecule has 11 heteroatoms. The molecule has 0 bridgehead atoms. The zero-order valence-corrected chi connectivity index (χ0v) is 22.8. The number of fused-ring (bicyclic) bond motifs is 1. The largest absolute Gasteiger partial charge is 0.439 e. The molecular weight excluding hydrogens is 533 g/mol. The summed E-state index contributed by atoms with van der Waals surface area (Å²) >= 11 is 0. The maximum Gasteiger partial charge on any atom is 0.416 e. The van der Waals surface area contributed by atoms with Gasteiger partial charge in [0.1, 0.15) is 17.9 Å². The molecule has 1 aliphatic heterocycles. The average Bonchev–Trinajstić information content (AvgIpc) is 2.93. The van der Waals surface area contributed by atoms with E-state index in [2.05, 4.69) is 34.0 Å². The van der Waals surface area contributed by atoms with E-state index in [-0.39, 0.29) is 29.5 Å². The fourth-order valence-corrected chi connectivity index (χ4v) is 4.99. The van der Waals surface area contributed by atoms with E-state index < -0.39 is 17.6 Å². The Hall–Kier alpha value is -4.22. The summed E-state index contributed by atoms with van der Waals surface area (Å²) in [6.45, 7) is 7.48. The van der Waals surface area contributed by atoms with Crippen molar-refractivity contribution in [3.8, 4) is 11.6 Å². The van der Waals surface area contributed by atoms with Crippen molar-refractivity contribution >= 4 is 28.2 Å². The lowest BCUT2D eigenvalue weighted by Crippen LogP contribution is -2.48. The summed E-state index contributed by atoms with van der Waals surface area (Å²) in [5.41, 5.74) is 5.52. The number of amides is 1. The molecule has 5 rings (SSSR count). The SMILES string of the molecule is CC(C)N1CCN(Cc2ccc(NC(=O)c3cccc4cc(Oc5cc(N)ncn5)ccc34)cc2C(F)(F)F)CC1. The van der Waals surface area contributed by atoms with Gasteiger partial charge in [0.2, 0.25) is 5.88 Å². The third-order valence-electron chi connectivity index (χ3n) is 7.19. The number of anilines is 2. The Kier molecular flexibility index (Phi) is 8.09. The van der Waals surface area contributed by atoms with E-state index in [1.54, 1.807) is 30.3 Å². The molecular formula is C30H31F3N6O2.